The first-order valence-corrected chi connectivity index (χ1v) is 26.6. The Balaban J connectivity index is 3.53. The van der Waals surface area contributed by atoms with Gasteiger partial charge in [-0.2, -0.15) is 0 Å². The van der Waals surface area contributed by atoms with E-state index in [9.17, 15) is 19.8 Å². The number of carbonyl (C=O) groups excluding carboxylic acids is 2. The molecule has 0 saturated carbocycles. The van der Waals surface area contributed by atoms with Crippen molar-refractivity contribution in [3.63, 3.8) is 0 Å². The number of hydrogen-bond acceptors (Lipinski definition) is 5. The molecule has 0 rings (SSSR count). The topological polar surface area (TPSA) is 95.9 Å². The number of ether oxygens (including phenoxy) is 1. The molecule has 2 unspecified atom stereocenters. The van der Waals surface area contributed by atoms with E-state index in [1.807, 2.05) is 6.08 Å². The van der Waals surface area contributed by atoms with Gasteiger partial charge in [0.05, 0.1) is 25.4 Å². The maximum atomic E-state index is 12.4. The minimum atomic E-state index is -0.874. The second-order valence-electron chi connectivity index (χ2n) is 18.2. The summed E-state index contributed by atoms with van der Waals surface area (Å²) in [5.41, 5.74) is 0. The molecule has 354 valence electrons. The summed E-state index contributed by atoms with van der Waals surface area (Å²) in [6.07, 6.45) is 59.1. The summed E-state index contributed by atoms with van der Waals surface area (Å²) in [4.78, 5) is 24.5. The van der Waals surface area contributed by atoms with Gasteiger partial charge in [-0.15, -0.1) is 0 Å². The summed E-state index contributed by atoms with van der Waals surface area (Å²) < 4.78 is 5.45. The van der Waals surface area contributed by atoms with Gasteiger partial charge in [0.1, 0.15) is 0 Å². The third-order valence-electron chi connectivity index (χ3n) is 12.2. The van der Waals surface area contributed by atoms with Crippen molar-refractivity contribution in [2.24, 2.45) is 0 Å². The van der Waals surface area contributed by atoms with E-state index in [1.165, 1.54) is 186 Å². The molecule has 6 heteroatoms. The number of aliphatic hydroxyl groups is 2. The molecule has 0 radical (unpaired) electrons. The molecule has 0 fully saturated rings. The standard InChI is InChI=1S/C54H103NO5/c1-3-5-7-9-11-13-15-17-19-20-21-22-24-26-28-32-36-40-44-48-54(59)60-49-45-41-37-33-29-31-35-39-43-47-53(58)55-51(50-56)52(57)46-42-38-34-30-27-25-23-18-16-14-12-10-8-6-4-2/h31,35,42,46,51-52,56-57H,3-30,32-34,36-41,43-45,47-50H2,1-2H3,(H,55,58)/b35-31-,46-42+. The lowest BCUT2D eigenvalue weighted by atomic mass is 10.0. The lowest BCUT2D eigenvalue weighted by Gasteiger charge is -2.19. The average Bonchev–Trinajstić information content (AvgIpc) is 3.25. The van der Waals surface area contributed by atoms with E-state index >= 15 is 0 Å². The predicted molar refractivity (Wildman–Crippen MR) is 260 cm³/mol. The maximum absolute atomic E-state index is 12.4. The number of carbonyl (C=O) groups is 2. The van der Waals surface area contributed by atoms with E-state index in [-0.39, 0.29) is 18.5 Å². The van der Waals surface area contributed by atoms with Crippen molar-refractivity contribution in [1.29, 1.82) is 0 Å². The van der Waals surface area contributed by atoms with E-state index in [4.69, 9.17) is 4.74 Å². The van der Waals surface area contributed by atoms with Gasteiger partial charge in [0, 0.05) is 12.8 Å². The highest BCUT2D eigenvalue weighted by molar-refractivity contribution is 5.76. The number of unbranched alkanes of at least 4 members (excludes halogenated alkanes) is 36. The molecule has 0 saturated heterocycles. The van der Waals surface area contributed by atoms with Crippen LogP contribution in [-0.4, -0.2) is 47.4 Å². The van der Waals surface area contributed by atoms with E-state index in [0.29, 0.717) is 19.4 Å². The molecule has 0 aromatic heterocycles. The Morgan fingerprint density at radius 3 is 1.22 bits per heavy atom. The molecule has 0 spiro atoms. The zero-order valence-corrected chi connectivity index (χ0v) is 40.2. The van der Waals surface area contributed by atoms with Crippen molar-refractivity contribution in [2.45, 2.75) is 296 Å². The normalized spacial score (nSPS) is 12.8. The first kappa shape index (κ1) is 58.3. The number of nitrogens with one attached hydrogen (secondary N) is 1. The molecule has 0 heterocycles. The molecule has 1 amide bonds. The third kappa shape index (κ3) is 45.9. The molecule has 0 aromatic rings. The Labute approximate surface area is 373 Å². The van der Waals surface area contributed by atoms with Gasteiger partial charge in [0.2, 0.25) is 5.91 Å². The lowest BCUT2D eigenvalue weighted by Crippen LogP contribution is -2.45. The molecule has 0 aliphatic heterocycles. The van der Waals surface area contributed by atoms with Crippen molar-refractivity contribution in [2.75, 3.05) is 13.2 Å². The third-order valence-corrected chi connectivity index (χ3v) is 12.2. The Morgan fingerprint density at radius 1 is 0.450 bits per heavy atom. The van der Waals surface area contributed by atoms with Gasteiger partial charge in [-0.05, 0) is 51.4 Å². The van der Waals surface area contributed by atoms with Gasteiger partial charge in [-0.25, -0.2) is 0 Å². The van der Waals surface area contributed by atoms with Crippen LogP contribution in [0.1, 0.15) is 284 Å². The van der Waals surface area contributed by atoms with Gasteiger partial charge < -0.3 is 20.3 Å². The lowest BCUT2D eigenvalue weighted by molar-refractivity contribution is -0.143. The summed E-state index contributed by atoms with van der Waals surface area (Å²) in [5.74, 6) is -0.161. The van der Waals surface area contributed by atoms with Crippen LogP contribution in [-0.2, 0) is 14.3 Å². The molecular formula is C54H103NO5. The first-order chi connectivity index (χ1) is 29.5. The fraction of sp³-hybridized carbons (Fsp3) is 0.889. The SMILES string of the molecule is CCCCCCCCCCCCCCC/C=C/C(O)C(CO)NC(=O)CCC/C=C\CCCCCCOC(=O)CCCCCCCCCCCCCCCCCCCCC. The van der Waals surface area contributed by atoms with Crippen molar-refractivity contribution in [3.8, 4) is 0 Å². The number of hydrogen-bond donors (Lipinski definition) is 3. The van der Waals surface area contributed by atoms with Crippen LogP contribution in [0, 0.1) is 0 Å². The Bertz CT molecular complexity index is 935. The Hall–Kier alpha value is -1.66. The summed E-state index contributed by atoms with van der Waals surface area (Å²) in [6.45, 7) is 4.82. The van der Waals surface area contributed by atoms with Crippen LogP contribution < -0.4 is 5.32 Å². The summed E-state index contributed by atoms with van der Waals surface area (Å²) in [7, 11) is 0. The van der Waals surface area contributed by atoms with Crippen molar-refractivity contribution in [3.05, 3.63) is 24.3 Å². The maximum Gasteiger partial charge on any atom is 0.305 e. The van der Waals surface area contributed by atoms with Crippen LogP contribution in [0.25, 0.3) is 0 Å². The van der Waals surface area contributed by atoms with Crippen LogP contribution >= 0.6 is 0 Å². The van der Waals surface area contributed by atoms with Gasteiger partial charge in [0.15, 0.2) is 0 Å². The zero-order valence-electron chi connectivity index (χ0n) is 40.2. The Kier molecular flexibility index (Phi) is 48.6. The molecular weight excluding hydrogens is 743 g/mol. The van der Waals surface area contributed by atoms with E-state index < -0.39 is 12.1 Å². The molecule has 3 N–H and O–H groups in total. The minimum absolute atomic E-state index is 0.0334. The zero-order chi connectivity index (χ0) is 43.7. The van der Waals surface area contributed by atoms with Crippen LogP contribution in [0.15, 0.2) is 24.3 Å². The monoisotopic (exact) mass is 846 g/mol. The van der Waals surface area contributed by atoms with E-state index in [1.54, 1.807) is 6.08 Å². The molecule has 60 heavy (non-hydrogen) atoms. The van der Waals surface area contributed by atoms with Crippen LogP contribution in [0.3, 0.4) is 0 Å². The molecule has 0 bridgehead atoms. The average molecular weight is 846 g/mol. The fourth-order valence-corrected chi connectivity index (χ4v) is 8.11. The summed E-state index contributed by atoms with van der Waals surface area (Å²) in [5, 5.41) is 23.0. The molecule has 2 atom stereocenters. The van der Waals surface area contributed by atoms with Crippen LogP contribution in [0.5, 0.6) is 0 Å². The number of rotatable bonds is 49. The quantitative estimate of drug-likeness (QED) is 0.0322. The Morgan fingerprint density at radius 2 is 0.800 bits per heavy atom. The van der Waals surface area contributed by atoms with Crippen LogP contribution in [0.4, 0.5) is 0 Å². The highest BCUT2D eigenvalue weighted by Gasteiger charge is 2.17. The van der Waals surface area contributed by atoms with Crippen LogP contribution in [0.2, 0.25) is 0 Å². The largest absolute Gasteiger partial charge is 0.466 e. The summed E-state index contributed by atoms with van der Waals surface area (Å²) in [6, 6.07) is -0.664. The highest BCUT2D eigenvalue weighted by atomic mass is 16.5. The molecule has 6 nitrogen and oxygen atoms in total. The second kappa shape index (κ2) is 50.0. The summed E-state index contributed by atoms with van der Waals surface area (Å²) >= 11 is 0. The number of amides is 1. The van der Waals surface area contributed by atoms with Gasteiger partial charge in [0.25, 0.3) is 0 Å². The van der Waals surface area contributed by atoms with E-state index in [2.05, 4.69) is 31.3 Å². The predicted octanol–water partition coefficient (Wildman–Crippen LogP) is 15.9. The van der Waals surface area contributed by atoms with Crippen molar-refractivity contribution in [1.82, 2.24) is 5.32 Å². The van der Waals surface area contributed by atoms with Crippen molar-refractivity contribution >= 4 is 11.9 Å². The highest BCUT2D eigenvalue weighted by Crippen LogP contribution is 2.16. The van der Waals surface area contributed by atoms with Gasteiger partial charge in [-0.3, -0.25) is 9.59 Å². The first-order valence-electron chi connectivity index (χ1n) is 26.6. The second-order valence-corrected chi connectivity index (χ2v) is 18.2. The molecule has 0 aromatic carbocycles. The number of allylic oxidation sites excluding steroid dienone is 3. The number of aliphatic hydroxyl groups excluding tert-OH is 2. The van der Waals surface area contributed by atoms with E-state index in [0.717, 1.165) is 70.6 Å². The number of esters is 1. The molecule has 0 aliphatic rings. The van der Waals surface area contributed by atoms with Gasteiger partial charge >= 0.3 is 5.97 Å². The van der Waals surface area contributed by atoms with Crippen molar-refractivity contribution < 1.29 is 24.5 Å². The minimum Gasteiger partial charge on any atom is -0.466 e. The fourth-order valence-electron chi connectivity index (χ4n) is 8.11. The van der Waals surface area contributed by atoms with Gasteiger partial charge in [-0.1, -0.05) is 244 Å². The molecule has 0 aliphatic carbocycles. The smallest absolute Gasteiger partial charge is 0.305 e.